The summed E-state index contributed by atoms with van der Waals surface area (Å²) in [6, 6.07) is 14.5. The van der Waals surface area contributed by atoms with E-state index >= 15 is 0 Å². The summed E-state index contributed by atoms with van der Waals surface area (Å²) in [5, 5.41) is 9.69. The van der Waals surface area contributed by atoms with E-state index in [0.29, 0.717) is 10.9 Å². The van der Waals surface area contributed by atoms with Gasteiger partial charge in [-0.3, -0.25) is 14.3 Å². The maximum atomic E-state index is 12.5. The van der Waals surface area contributed by atoms with E-state index < -0.39 is 0 Å². The molecule has 2 aromatic carbocycles. The quantitative estimate of drug-likeness (QED) is 0.679. The molecule has 1 N–H and O–H groups in total. The van der Waals surface area contributed by atoms with Crippen LogP contribution >= 0.6 is 0 Å². The highest BCUT2D eigenvalue weighted by molar-refractivity contribution is 5.81. The first-order valence-corrected chi connectivity index (χ1v) is 11.0. The Hall–Kier alpha value is -2.74. The van der Waals surface area contributed by atoms with Crippen LogP contribution in [0.2, 0.25) is 0 Å². The number of nitrogens with zero attached hydrogens (tertiary/aromatic N) is 4. The van der Waals surface area contributed by atoms with E-state index in [-0.39, 0.29) is 24.8 Å². The first-order valence-electron chi connectivity index (χ1n) is 11.0. The summed E-state index contributed by atoms with van der Waals surface area (Å²) in [6.07, 6.45) is 2.68. The molecular formula is C24H28N4O3. The van der Waals surface area contributed by atoms with E-state index in [4.69, 9.17) is 9.84 Å². The Morgan fingerprint density at radius 3 is 2.77 bits per heavy atom. The van der Waals surface area contributed by atoms with Crippen LogP contribution < -0.4 is 10.5 Å². The van der Waals surface area contributed by atoms with Gasteiger partial charge in [-0.1, -0.05) is 24.3 Å². The fraction of sp³-hybridized carbons (Fsp3) is 0.417. The molecule has 7 heteroatoms. The van der Waals surface area contributed by atoms with Crippen molar-refractivity contribution in [2.75, 3.05) is 50.8 Å². The smallest absolute Gasteiger partial charge is 0.261 e. The Morgan fingerprint density at radius 2 is 1.94 bits per heavy atom. The Labute approximate surface area is 181 Å². The summed E-state index contributed by atoms with van der Waals surface area (Å²) < 4.78 is 7.54. The second-order valence-corrected chi connectivity index (χ2v) is 8.26. The zero-order chi connectivity index (χ0) is 21.2. The van der Waals surface area contributed by atoms with Crippen LogP contribution in [0.4, 0.5) is 5.69 Å². The molecule has 1 unspecified atom stereocenters. The van der Waals surface area contributed by atoms with Crippen molar-refractivity contribution in [3.05, 3.63) is 70.3 Å². The van der Waals surface area contributed by atoms with Crippen LogP contribution in [0.5, 0.6) is 0 Å². The second-order valence-electron chi connectivity index (χ2n) is 8.26. The molecule has 31 heavy (non-hydrogen) atoms. The SMILES string of the molecule is O=c1c2ccc(N3CCN(CC4OCCc5ccccc54)CC3)cc2ncn1CCO. The molecular weight excluding hydrogens is 392 g/mol. The van der Waals surface area contributed by atoms with Gasteiger partial charge in [-0.2, -0.15) is 0 Å². The minimum Gasteiger partial charge on any atom is -0.395 e. The molecule has 1 aromatic heterocycles. The van der Waals surface area contributed by atoms with E-state index in [1.165, 1.54) is 22.0 Å². The highest BCUT2D eigenvalue weighted by Crippen LogP contribution is 2.28. The summed E-state index contributed by atoms with van der Waals surface area (Å²) in [4.78, 5) is 21.8. The molecule has 3 heterocycles. The monoisotopic (exact) mass is 420 g/mol. The number of aliphatic hydroxyl groups excluding tert-OH is 1. The number of anilines is 1. The first kappa shape index (κ1) is 20.2. The molecule has 0 saturated carbocycles. The topological polar surface area (TPSA) is 70.8 Å². The van der Waals surface area contributed by atoms with Gasteiger partial charge < -0.3 is 14.7 Å². The molecule has 7 nitrogen and oxygen atoms in total. The Balaban J connectivity index is 1.25. The number of fused-ring (bicyclic) bond motifs is 2. The number of benzene rings is 2. The van der Waals surface area contributed by atoms with Crippen LogP contribution in [0.15, 0.2) is 53.6 Å². The van der Waals surface area contributed by atoms with Crippen LogP contribution in [0.3, 0.4) is 0 Å². The fourth-order valence-electron chi connectivity index (χ4n) is 4.66. The molecule has 162 valence electrons. The van der Waals surface area contributed by atoms with E-state index in [0.717, 1.165) is 51.4 Å². The number of ether oxygens (including phenoxy) is 1. The van der Waals surface area contributed by atoms with E-state index in [1.807, 2.05) is 18.2 Å². The predicted octanol–water partition coefficient (Wildman–Crippen LogP) is 1.82. The Kier molecular flexibility index (Phi) is 5.72. The van der Waals surface area contributed by atoms with Gasteiger partial charge in [-0.25, -0.2) is 4.98 Å². The average Bonchev–Trinajstić information content (AvgIpc) is 2.82. The third-order valence-electron chi connectivity index (χ3n) is 6.40. The zero-order valence-corrected chi connectivity index (χ0v) is 17.6. The number of hydrogen-bond donors (Lipinski definition) is 1. The molecule has 1 saturated heterocycles. The molecule has 2 aliphatic heterocycles. The van der Waals surface area contributed by atoms with Crippen molar-refractivity contribution < 1.29 is 9.84 Å². The van der Waals surface area contributed by atoms with Gasteiger partial charge in [0.1, 0.15) is 0 Å². The first-order chi connectivity index (χ1) is 15.2. The van der Waals surface area contributed by atoms with Crippen molar-refractivity contribution in [1.29, 1.82) is 0 Å². The van der Waals surface area contributed by atoms with Gasteiger partial charge in [0, 0.05) is 38.4 Å². The van der Waals surface area contributed by atoms with Crippen molar-refractivity contribution in [2.45, 2.75) is 19.1 Å². The summed E-state index contributed by atoms with van der Waals surface area (Å²) in [5.74, 6) is 0. The molecule has 0 aliphatic carbocycles. The highest BCUT2D eigenvalue weighted by atomic mass is 16.5. The molecule has 3 aromatic rings. The van der Waals surface area contributed by atoms with Crippen LogP contribution in [-0.2, 0) is 17.7 Å². The van der Waals surface area contributed by atoms with E-state index in [1.54, 1.807) is 0 Å². The second kappa shape index (κ2) is 8.78. The van der Waals surface area contributed by atoms with Gasteiger partial charge in [-0.15, -0.1) is 0 Å². The summed E-state index contributed by atoms with van der Waals surface area (Å²) in [6.45, 7) is 5.73. The van der Waals surface area contributed by atoms with Gasteiger partial charge >= 0.3 is 0 Å². The van der Waals surface area contributed by atoms with Crippen LogP contribution in [0, 0.1) is 0 Å². The van der Waals surface area contributed by atoms with Gasteiger partial charge in [-0.05, 0) is 35.7 Å². The van der Waals surface area contributed by atoms with Crippen molar-refractivity contribution in [3.8, 4) is 0 Å². The normalized spacial score (nSPS) is 19.5. The molecule has 1 atom stereocenters. The third-order valence-corrected chi connectivity index (χ3v) is 6.40. The number of aromatic nitrogens is 2. The minimum absolute atomic E-state index is 0.0765. The van der Waals surface area contributed by atoms with E-state index in [9.17, 15) is 4.79 Å². The highest BCUT2D eigenvalue weighted by Gasteiger charge is 2.25. The maximum absolute atomic E-state index is 12.5. The molecule has 0 bridgehead atoms. The molecule has 0 radical (unpaired) electrons. The van der Waals surface area contributed by atoms with Gasteiger partial charge in [0.25, 0.3) is 5.56 Å². The van der Waals surface area contributed by atoms with Crippen molar-refractivity contribution in [3.63, 3.8) is 0 Å². The molecule has 2 aliphatic rings. The number of rotatable bonds is 5. The fourth-order valence-corrected chi connectivity index (χ4v) is 4.66. The minimum atomic E-state index is -0.108. The third kappa shape index (κ3) is 4.08. The average molecular weight is 421 g/mol. The lowest BCUT2D eigenvalue weighted by Crippen LogP contribution is -2.48. The summed E-state index contributed by atoms with van der Waals surface area (Å²) in [5.41, 5.74) is 4.44. The molecule has 0 spiro atoms. The largest absolute Gasteiger partial charge is 0.395 e. The predicted molar refractivity (Wildman–Crippen MR) is 121 cm³/mol. The van der Waals surface area contributed by atoms with Gasteiger partial charge in [0.05, 0.1) is 43.1 Å². The lowest BCUT2D eigenvalue weighted by Gasteiger charge is -2.38. The Bertz CT molecular complexity index is 1120. The molecule has 1 fully saturated rings. The zero-order valence-electron chi connectivity index (χ0n) is 17.6. The lowest BCUT2D eigenvalue weighted by atomic mass is 9.97. The summed E-state index contributed by atoms with van der Waals surface area (Å²) in [7, 11) is 0. The number of piperazine rings is 1. The van der Waals surface area contributed by atoms with Gasteiger partial charge in [0.15, 0.2) is 0 Å². The molecule has 5 rings (SSSR count). The van der Waals surface area contributed by atoms with Crippen LogP contribution in [0.1, 0.15) is 17.2 Å². The van der Waals surface area contributed by atoms with Gasteiger partial charge in [0.2, 0.25) is 0 Å². The van der Waals surface area contributed by atoms with Crippen molar-refractivity contribution in [2.24, 2.45) is 0 Å². The lowest BCUT2D eigenvalue weighted by molar-refractivity contribution is 0.0148. The number of hydrogen-bond acceptors (Lipinski definition) is 6. The molecule has 0 amide bonds. The van der Waals surface area contributed by atoms with Crippen LogP contribution in [0.25, 0.3) is 10.9 Å². The van der Waals surface area contributed by atoms with E-state index in [2.05, 4.69) is 39.0 Å². The van der Waals surface area contributed by atoms with Crippen molar-refractivity contribution >= 4 is 16.6 Å². The summed E-state index contributed by atoms with van der Waals surface area (Å²) >= 11 is 0. The van der Waals surface area contributed by atoms with Crippen LogP contribution in [-0.4, -0.2) is 65.5 Å². The maximum Gasteiger partial charge on any atom is 0.261 e. The number of aliphatic hydroxyl groups is 1. The standard InChI is InChI=1S/C24H28N4O3/c29-13-12-28-17-25-22-15-19(5-6-21(22)24(28)30)27-10-8-26(9-11-27)16-23-20-4-2-1-3-18(20)7-14-31-23/h1-6,15,17,23,29H,7-14,16H2. The van der Waals surface area contributed by atoms with Crippen molar-refractivity contribution in [1.82, 2.24) is 14.5 Å². The Morgan fingerprint density at radius 1 is 1.10 bits per heavy atom.